The largest absolute Gasteiger partial charge is 0.503 e. The van der Waals surface area contributed by atoms with Crippen LogP contribution < -0.4 is 10.1 Å². The van der Waals surface area contributed by atoms with Crippen molar-refractivity contribution in [2.24, 2.45) is 0 Å². The van der Waals surface area contributed by atoms with Crippen molar-refractivity contribution in [2.45, 2.75) is 26.4 Å². The molecule has 0 heterocycles. The van der Waals surface area contributed by atoms with E-state index in [9.17, 15) is 5.11 Å². The minimum atomic E-state index is 0.132. The van der Waals surface area contributed by atoms with Crippen LogP contribution in [-0.2, 0) is 6.54 Å². The lowest BCUT2D eigenvalue weighted by molar-refractivity contribution is 0.371. The highest BCUT2D eigenvalue weighted by molar-refractivity contribution is 9.10. The van der Waals surface area contributed by atoms with Crippen molar-refractivity contribution in [2.75, 3.05) is 7.11 Å². The Balaban J connectivity index is 2.05. The molecule has 0 fully saturated rings. The smallest absolute Gasteiger partial charge is 0.172 e. The van der Waals surface area contributed by atoms with E-state index in [2.05, 4.69) is 59.4 Å². The van der Waals surface area contributed by atoms with E-state index in [1.165, 1.54) is 11.1 Å². The molecule has 112 valence electrons. The van der Waals surface area contributed by atoms with Crippen molar-refractivity contribution in [1.29, 1.82) is 0 Å². The molecule has 3 nitrogen and oxygen atoms in total. The quantitative estimate of drug-likeness (QED) is 0.844. The minimum absolute atomic E-state index is 0.132. The van der Waals surface area contributed by atoms with Gasteiger partial charge in [0.1, 0.15) is 0 Å². The van der Waals surface area contributed by atoms with E-state index in [4.69, 9.17) is 4.74 Å². The number of nitrogens with one attached hydrogen (secondary N) is 1. The number of hydrogen-bond acceptors (Lipinski definition) is 3. The van der Waals surface area contributed by atoms with Crippen molar-refractivity contribution in [1.82, 2.24) is 5.32 Å². The molecule has 0 radical (unpaired) electrons. The van der Waals surface area contributed by atoms with Gasteiger partial charge in [0, 0.05) is 12.6 Å². The molecule has 4 heteroatoms. The van der Waals surface area contributed by atoms with E-state index >= 15 is 0 Å². The second-order valence-electron chi connectivity index (χ2n) is 5.14. The molecule has 0 saturated carbocycles. The second kappa shape index (κ2) is 6.96. The number of halogens is 1. The highest BCUT2D eigenvalue weighted by atomic mass is 79.9. The van der Waals surface area contributed by atoms with Crippen LogP contribution in [0, 0.1) is 6.92 Å². The summed E-state index contributed by atoms with van der Waals surface area (Å²) < 4.78 is 5.80. The monoisotopic (exact) mass is 349 g/mol. The number of aromatic hydroxyl groups is 1. The summed E-state index contributed by atoms with van der Waals surface area (Å²) >= 11 is 3.34. The molecule has 0 aliphatic heterocycles. The summed E-state index contributed by atoms with van der Waals surface area (Å²) in [6.07, 6.45) is 0. The first-order chi connectivity index (χ1) is 10.0. The van der Waals surface area contributed by atoms with E-state index in [0.717, 1.165) is 5.56 Å². The highest BCUT2D eigenvalue weighted by Crippen LogP contribution is 2.35. The molecule has 0 aliphatic carbocycles. The van der Waals surface area contributed by atoms with Gasteiger partial charge in [-0.05, 0) is 53.0 Å². The molecule has 21 heavy (non-hydrogen) atoms. The summed E-state index contributed by atoms with van der Waals surface area (Å²) in [6.45, 7) is 4.92. The third-order valence-electron chi connectivity index (χ3n) is 3.50. The molecule has 2 aromatic rings. The second-order valence-corrected chi connectivity index (χ2v) is 6.00. The molecule has 1 atom stereocenters. The SMILES string of the molecule is COc1cc(CN[C@H](C)c2ccc(C)cc2)cc(Br)c1O. The summed E-state index contributed by atoms with van der Waals surface area (Å²) in [5, 5.41) is 13.3. The number of phenols is 1. The third kappa shape index (κ3) is 3.99. The zero-order valence-corrected chi connectivity index (χ0v) is 14.1. The fourth-order valence-electron chi connectivity index (χ4n) is 2.13. The third-order valence-corrected chi connectivity index (χ3v) is 4.10. The van der Waals surface area contributed by atoms with Crippen LogP contribution in [0.25, 0.3) is 0 Å². The van der Waals surface area contributed by atoms with E-state index < -0.39 is 0 Å². The van der Waals surface area contributed by atoms with Gasteiger partial charge in [-0.1, -0.05) is 29.8 Å². The van der Waals surface area contributed by atoms with Crippen LogP contribution in [0.2, 0.25) is 0 Å². The lowest BCUT2D eigenvalue weighted by Crippen LogP contribution is -2.18. The summed E-state index contributed by atoms with van der Waals surface area (Å²) in [5.41, 5.74) is 3.57. The molecule has 0 saturated heterocycles. The van der Waals surface area contributed by atoms with Gasteiger partial charge in [-0.3, -0.25) is 0 Å². The Kier molecular flexibility index (Phi) is 5.26. The van der Waals surface area contributed by atoms with Gasteiger partial charge in [-0.15, -0.1) is 0 Å². The van der Waals surface area contributed by atoms with E-state index in [0.29, 0.717) is 16.8 Å². The summed E-state index contributed by atoms with van der Waals surface area (Å²) in [4.78, 5) is 0. The number of phenolic OH excluding ortho intramolecular Hbond substituents is 1. The Bertz CT molecular complexity index is 611. The van der Waals surface area contributed by atoms with Gasteiger partial charge in [-0.2, -0.15) is 0 Å². The zero-order chi connectivity index (χ0) is 15.4. The van der Waals surface area contributed by atoms with E-state index in [1.54, 1.807) is 7.11 Å². The normalized spacial score (nSPS) is 12.2. The van der Waals surface area contributed by atoms with E-state index in [1.807, 2.05) is 12.1 Å². The number of ether oxygens (including phenoxy) is 1. The molecule has 0 unspecified atom stereocenters. The molecule has 2 aromatic carbocycles. The standard InChI is InChI=1S/C17H20BrNO2/c1-11-4-6-14(7-5-11)12(2)19-10-13-8-15(18)17(20)16(9-13)21-3/h4-9,12,19-20H,10H2,1-3H3/t12-/m1/s1. The number of rotatable bonds is 5. The van der Waals surface area contributed by atoms with Crippen LogP contribution >= 0.6 is 15.9 Å². The Hall–Kier alpha value is -1.52. The first kappa shape index (κ1) is 15.9. The zero-order valence-electron chi connectivity index (χ0n) is 12.5. The number of hydrogen-bond donors (Lipinski definition) is 2. The summed E-state index contributed by atoms with van der Waals surface area (Å²) in [7, 11) is 1.55. The van der Waals surface area contributed by atoms with Crippen molar-refractivity contribution in [3.63, 3.8) is 0 Å². The van der Waals surface area contributed by atoms with Crippen LogP contribution in [0.15, 0.2) is 40.9 Å². The molecule has 2 rings (SSSR count). The molecule has 0 aliphatic rings. The molecule has 0 aromatic heterocycles. The lowest BCUT2D eigenvalue weighted by Gasteiger charge is -2.15. The fraction of sp³-hybridized carbons (Fsp3) is 0.294. The Morgan fingerprint density at radius 1 is 1.24 bits per heavy atom. The first-order valence-corrected chi connectivity index (χ1v) is 7.66. The minimum Gasteiger partial charge on any atom is -0.503 e. The molecule has 2 N–H and O–H groups in total. The predicted molar refractivity (Wildman–Crippen MR) is 88.8 cm³/mol. The van der Waals surface area contributed by atoms with Gasteiger partial charge in [0.2, 0.25) is 0 Å². The Labute approximate surface area is 134 Å². The van der Waals surface area contributed by atoms with Crippen molar-refractivity contribution < 1.29 is 9.84 Å². The topological polar surface area (TPSA) is 41.5 Å². The van der Waals surface area contributed by atoms with Crippen molar-refractivity contribution >= 4 is 15.9 Å². The van der Waals surface area contributed by atoms with Crippen LogP contribution in [0.1, 0.15) is 29.7 Å². The van der Waals surface area contributed by atoms with Gasteiger partial charge in [-0.25, -0.2) is 0 Å². The number of aryl methyl sites for hydroxylation is 1. The average molecular weight is 350 g/mol. The van der Waals surface area contributed by atoms with Crippen LogP contribution in [0.3, 0.4) is 0 Å². The Morgan fingerprint density at radius 2 is 1.90 bits per heavy atom. The van der Waals surface area contributed by atoms with Crippen LogP contribution in [0.5, 0.6) is 11.5 Å². The maximum atomic E-state index is 9.81. The van der Waals surface area contributed by atoms with Crippen LogP contribution in [-0.4, -0.2) is 12.2 Å². The first-order valence-electron chi connectivity index (χ1n) is 6.86. The van der Waals surface area contributed by atoms with Gasteiger partial charge in [0.25, 0.3) is 0 Å². The highest BCUT2D eigenvalue weighted by Gasteiger charge is 2.10. The molecule has 0 amide bonds. The summed E-state index contributed by atoms with van der Waals surface area (Å²) in [6, 6.07) is 12.5. The van der Waals surface area contributed by atoms with Gasteiger partial charge >= 0.3 is 0 Å². The van der Waals surface area contributed by atoms with Gasteiger partial charge in [0.15, 0.2) is 11.5 Å². The molecule has 0 spiro atoms. The van der Waals surface area contributed by atoms with Gasteiger partial charge in [0.05, 0.1) is 11.6 Å². The van der Waals surface area contributed by atoms with Crippen molar-refractivity contribution in [3.8, 4) is 11.5 Å². The molecular weight excluding hydrogens is 330 g/mol. The molecular formula is C17H20BrNO2. The Morgan fingerprint density at radius 3 is 2.52 bits per heavy atom. The number of benzene rings is 2. The van der Waals surface area contributed by atoms with Crippen LogP contribution in [0.4, 0.5) is 0 Å². The molecule has 0 bridgehead atoms. The van der Waals surface area contributed by atoms with E-state index in [-0.39, 0.29) is 11.8 Å². The maximum Gasteiger partial charge on any atom is 0.172 e. The predicted octanol–water partition coefficient (Wildman–Crippen LogP) is 4.32. The van der Waals surface area contributed by atoms with Gasteiger partial charge < -0.3 is 15.2 Å². The van der Waals surface area contributed by atoms with Crippen molar-refractivity contribution in [3.05, 3.63) is 57.6 Å². The maximum absolute atomic E-state index is 9.81. The fourth-order valence-corrected chi connectivity index (χ4v) is 2.62. The average Bonchev–Trinajstić information content (AvgIpc) is 2.48. The lowest BCUT2D eigenvalue weighted by atomic mass is 10.1. The number of methoxy groups -OCH3 is 1. The summed E-state index contributed by atoms with van der Waals surface area (Å²) in [5.74, 6) is 0.608.